The average molecular weight is 852 g/mol. The van der Waals surface area contributed by atoms with Crippen molar-refractivity contribution in [2.24, 2.45) is 0 Å². The van der Waals surface area contributed by atoms with Crippen molar-refractivity contribution in [2.75, 3.05) is 7.11 Å². The van der Waals surface area contributed by atoms with E-state index in [1.54, 1.807) is 21.9 Å². The Kier molecular flexibility index (Phi) is 14.2. The Morgan fingerprint density at radius 3 is 0.939 bits per heavy atom. The van der Waals surface area contributed by atoms with Crippen molar-refractivity contribution in [1.29, 1.82) is 0 Å². The van der Waals surface area contributed by atoms with Crippen molar-refractivity contribution in [3.8, 4) is 0 Å². The molecule has 0 bridgehead atoms. The number of benzene rings is 2. The molecule has 49 heavy (non-hydrogen) atoms. The van der Waals surface area contributed by atoms with E-state index < -0.39 is 55.4 Å². The molecule has 0 saturated carbocycles. The van der Waals surface area contributed by atoms with Crippen molar-refractivity contribution in [2.45, 2.75) is 173 Å². The minimum absolute atomic E-state index is 0.424. The molecule has 1 nitrogen and oxygen atoms in total. The maximum atomic E-state index is 7.32. The van der Waals surface area contributed by atoms with E-state index >= 15 is 0 Å². The quantitative estimate of drug-likeness (QED) is 0.172. The van der Waals surface area contributed by atoms with Crippen LogP contribution in [0.15, 0.2) is 30.3 Å². The molecule has 1 unspecified atom stereocenters. The third kappa shape index (κ3) is 10.2. The van der Waals surface area contributed by atoms with Crippen LogP contribution in [0.2, 0.25) is 118 Å². The van der Waals surface area contributed by atoms with Gasteiger partial charge in [0.2, 0.25) is 0 Å². The summed E-state index contributed by atoms with van der Waals surface area (Å²) in [4.78, 5) is 0. The normalized spacial score (nSPS) is 15.7. The zero-order valence-electron chi connectivity index (χ0n) is 36.6. The van der Waals surface area contributed by atoms with Crippen LogP contribution in [0.1, 0.15) is 82.8 Å². The van der Waals surface area contributed by atoms with Gasteiger partial charge in [-0.05, 0) is 0 Å². The standard InChI is InChI=1S/C40H79OSeSi7/c1-29(2)32-25-24-26-33(30(3)4)36(32)49(42,41-5)37-34(39(45(12,13)14)46(15,16)17)27-31(38(43(6,7)8)44(9,10)11)28-35(37)40(47(18,19)20)48(21,22)23/h24-30,38-40H,1-23H3. The molecule has 9 heteroatoms. The molecule has 0 N–H and O–H groups in total. The average Bonchev–Trinajstić information content (AvgIpc) is 2.82. The summed E-state index contributed by atoms with van der Waals surface area (Å²) in [5.74, 6) is 0.848. The number of rotatable bonds is 14. The summed E-state index contributed by atoms with van der Waals surface area (Å²) in [6, 6.07) is 12.9. The van der Waals surface area contributed by atoms with Gasteiger partial charge in [0.15, 0.2) is 0 Å². The first-order valence-corrected chi connectivity index (χ1v) is 45.1. The molecule has 0 aliphatic heterocycles. The predicted octanol–water partition coefficient (Wildman–Crippen LogP) is 11.8. The molecule has 0 fully saturated rings. The van der Waals surface area contributed by atoms with Crippen LogP contribution < -0.4 is 10.4 Å². The van der Waals surface area contributed by atoms with Crippen LogP contribution >= 0.6 is 0 Å². The van der Waals surface area contributed by atoms with Crippen LogP contribution in [0.3, 0.4) is 0 Å². The van der Waals surface area contributed by atoms with Crippen molar-refractivity contribution < 1.29 is 4.43 Å². The molecule has 1 atom stereocenters. The van der Waals surface area contributed by atoms with Gasteiger partial charge < -0.3 is 0 Å². The van der Waals surface area contributed by atoms with E-state index in [9.17, 15) is 0 Å². The third-order valence-corrected chi connectivity index (χ3v) is 45.2. The van der Waals surface area contributed by atoms with Crippen LogP contribution in [0.25, 0.3) is 0 Å². The van der Waals surface area contributed by atoms with E-state index in [4.69, 9.17) is 4.43 Å². The van der Waals surface area contributed by atoms with Gasteiger partial charge in [-0.15, -0.1) is 0 Å². The van der Waals surface area contributed by atoms with Gasteiger partial charge in [-0.3, -0.25) is 0 Å². The molecule has 2 rings (SSSR count). The summed E-state index contributed by atoms with van der Waals surface area (Å²) >= 11 is 4.06. The molecule has 0 aromatic heterocycles. The molecule has 0 heterocycles. The Morgan fingerprint density at radius 2 is 0.714 bits per heavy atom. The van der Waals surface area contributed by atoms with E-state index in [0.29, 0.717) is 27.3 Å². The number of hydrogen-bond donors (Lipinski definition) is 0. The second-order valence-electron chi connectivity index (χ2n) is 22.5. The molecule has 2 aromatic rings. The fourth-order valence-electron chi connectivity index (χ4n) is 10.7. The maximum absolute atomic E-state index is 7.32. The van der Waals surface area contributed by atoms with Gasteiger partial charge in [-0.25, -0.2) is 0 Å². The second kappa shape index (κ2) is 15.3. The Balaban J connectivity index is 3.68. The van der Waals surface area contributed by atoms with E-state index in [2.05, 4.69) is 198 Å². The van der Waals surface area contributed by atoms with Crippen LogP contribution in [0.5, 0.6) is 0 Å². The molecular weight excluding hydrogens is 772 g/mol. The van der Waals surface area contributed by atoms with Gasteiger partial charge in [0.05, 0.1) is 0 Å². The van der Waals surface area contributed by atoms with Crippen LogP contribution in [-0.2, 0) is 4.43 Å². The van der Waals surface area contributed by atoms with E-state index in [1.807, 2.05) is 0 Å². The van der Waals surface area contributed by atoms with Gasteiger partial charge in [0.25, 0.3) is 0 Å². The predicted molar refractivity (Wildman–Crippen MR) is 247 cm³/mol. The van der Waals surface area contributed by atoms with Gasteiger partial charge in [-0.2, -0.15) is 0 Å². The molecule has 279 valence electrons. The van der Waals surface area contributed by atoms with Gasteiger partial charge >= 0.3 is 324 Å². The molecule has 1 radical (unpaired) electrons. The third-order valence-electron chi connectivity index (χ3n) is 10.7. The molecule has 0 spiro atoms. The molecular formula is C40H79OSeSi7. The first-order valence-electron chi connectivity index (χ1n) is 19.2. The molecule has 2 aromatic carbocycles. The summed E-state index contributed by atoms with van der Waals surface area (Å²) in [5, 5.41) is 5.15. The summed E-state index contributed by atoms with van der Waals surface area (Å²) < 4.78 is 7.32. The van der Waals surface area contributed by atoms with E-state index in [1.165, 1.54) is 16.3 Å². The zero-order valence-corrected chi connectivity index (χ0v) is 45.3. The Hall–Kier alpha value is 0.438. The first kappa shape index (κ1) is 45.6. The summed E-state index contributed by atoms with van der Waals surface area (Å²) in [7, 11) is -7.85. The fourth-order valence-corrected chi connectivity index (χ4v) is 55.8. The van der Waals surface area contributed by atoms with Crippen LogP contribution in [0, 0.1) is 0 Å². The monoisotopic (exact) mass is 851 g/mol. The fraction of sp³-hybridized carbons (Fsp3) is 0.700. The van der Waals surface area contributed by atoms with Crippen LogP contribution in [-0.4, -0.2) is 77.8 Å². The van der Waals surface area contributed by atoms with Crippen molar-refractivity contribution in [1.82, 2.24) is 0 Å². The molecule has 0 saturated heterocycles. The molecule has 0 aliphatic rings. The molecule has 0 amide bonds. The van der Waals surface area contributed by atoms with Crippen molar-refractivity contribution in [3.05, 3.63) is 58.1 Å². The van der Waals surface area contributed by atoms with Gasteiger partial charge in [-0.1, -0.05) is 0 Å². The van der Waals surface area contributed by atoms with Crippen molar-refractivity contribution in [3.63, 3.8) is 0 Å². The zero-order chi connectivity index (χ0) is 38.7. The topological polar surface area (TPSA) is 9.23 Å². The van der Waals surface area contributed by atoms with Gasteiger partial charge in [0.1, 0.15) is 0 Å². The Bertz CT molecular complexity index is 1320. The summed E-state index contributed by atoms with van der Waals surface area (Å²) in [6.45, 7) is 54.7. The SMILES string of the molecule is CO[Si]([Se])(c1c(C(C)C)cccc1C(C)C)c1c(C([Si](C)(C)C)[Si](C)(C)C)cc(C([Si](C)(C)C)[Si](C)(C)C)cc1C([Si](C)(C)C)[Si](C)(C)C. The van der Waals surface area contributed by atoms with E-state index in [0.717, 1.165) is 0 Å². The Labute approximate surface area is 321 Å². The first-order chi connectivity index (χ1) is 21.6. The van der Waals surface area contributed by atoms with Crippen molar-refractivity contribution >= 4 is 81.1 Å². The summed E-state index contributed by atoms with van der Waals surface area (Å²) in [5.41, 5.74) is 8.10. The number of hydrogen-bond acceptors (Lipinski definition) is 1. The van der Waals surface area contributed by atoms with Crippen LogP contribution in [0.4, 0.5) is 0 Å². The van der Waals surface area contributed by atoms with Gasteiger partial charge in [0, 0.05) is 0 Å². The minimum atomic E-state index is -2.88. The summed E-state index contributed by atoms with van der Waals surface area (Å²) in [6.07, 6.45) is 0. The molecule has 0 aliphatic carbocycles. The van der Waals surface area contributed by atoms with E-state index in [-0.39, 0.29) is 0 Å². The second-order valence-corrected chi connectivity index (χ2v) is 62.4. The Morgan fingerprint density at radius 1 is 0.449 bits per heavy atom.